The lowest BCUT2D eigenvalue weighted by atomic mass is 9.85. The third kappa shape index (κ3) is 2.80. The molecule has 1 aliphatic carbocycles. The zero-order valence-corrected chi connectivity index (χ0v) is 10.1. The van der Waals surface area contributed by atoms with Crippen molar-refractivity contribution in [3.63, 3.8) is 0 Å². The van der Waals surface area contributed by atoms with Crippen LogP contribution in [0.4, 0.5) is 0 Å². The average Bonchev–Trinajstić information content (AvgIpc) is 2.36. The molecule has 0 aliphatic heterocycles. The third-order valence-electron chi connectivity index (χ3n) is 3.30. The van der Waals surface area contributed by atoms with Crippen LogP contribution in [-0.4, -0.2) is 23.5 Å². The predicted molar refractivity (Wildman–Crippen MR) is 68.6 cm³/mol. The molecule has 0 bridgehead atoms. The van der Waals surface area contributed by atoms with Gasteiger partial charge in [0.25, 0.3) is 5.91 Å². The molecule has 1 fully saturated rings. The fourth-order valence-corrected chi connectivity index (χ4v) is 1.91. The molecule has 1 aliphatic rings. The van der Waals surface area contributed by atoms with Gasteiger partial charge in [-0.1, -0.05) is 23.7 Å². The van der Waals surface area contributed by atoms with Crippen LogP contribution in [-0.2, 0) is 0 Å². The van der Waals surface area contributed by atoms with Crippen molar-refractivity contribution in [1.29, 1.82) is 0 Å². The minimum Gasteiger partial charge on any atom is -0.409 e. The lowest BCUT2D eigenvalue weighted by molar-refractivity contribution is 0.0939. The molecular formula is C13H17N3O2. The Morgan fingerprint density at radius 1 is 1.44 bits per heavy atom. The Balaban J connectivity index is 2.00. The van der Waals surface area contributed by atoms with Gasteiger partial charge in [0, 0.05) is 17.7 Å². The number of benzene rings is 1. The topological polar surface area (TPSA) is 87.7 Å². The van der Waals surface area contributed by atoms with Gasteiger partial charge in [-0.25, -0.2) is 0 Å². The van der Waals surface area contributed by atoms with Crippen LogP contribution in [0.15, 0.2) is 29.4 Å². The lowest BCUT2D eigenvalue weighted by Gasteiger charge is -2.25. The molecule has 2 rings (SSSR count). The number of nitrogens with one attached hydrogen (secondary N) is 1. The first-order valence-electron chi connectivity index (χ1n) is 6.07. The van der Waals surface area contributed by atoms with Crippen LogP contribution in [0.25, 0.3) is 0 Å². The zero-order valence-electron chi connectivity index (χ0n) is 10.1. The Morgan fingerprint density at radius 2 is 2.17 bits per heavy atom. The van der Waals surface area contributed by atoms with Crippen LogP contribution < -0.4 is 11.1 Å². The molecule has 5 nitrogen and oxygen atoms in total. The predicted octanol–water partition coefficient (Wildman–Crippen LogP) is 1.31. The van der Waals surface area contributed by atoms with E-state index < -0.39 is 0 Å². The van der Waals surface area contributed by atoms with E-state index in [4.69, 9.17) is 10.9 Å². The molecule has 0 spiro atoms. The summed E-state index contributed by atoms with van der Waals surface area (Å²) in [7, 11) is 0. The van der Waals surface area contributed by atoms with Gasteiger partial charge in [-0.2, -0.15) is 0 Å². The summed E-state index contributed by atoms with van der Waals surface area (Å²) in [5, 5.41) is 14.4. The van der Waals surface area contributed by atoms with Crippen molar-refractivity contribution in [3.8, 4) is 0 Å². The Bertz CT molecular complexity index is 467. The monoisotopic (exact) mass is 247 g/mol. The van der Waals surface area contributed by atoms with Crippen molar-refractivity contribution in [2.45, 2.75) is 19.3 Å². The Morgan fingerprint density at radius 3 is 2.78 bits per heavy atom. The molecule has 1 saturated carbocycles. The fraction of sp³-hybridized carbons (Fsp3) is 0.385. The van der Waals surface area contributed by atoms with Crippen LogP contribution in [0.2, 0.25) is 0 Å². The molecule has 0 heterocycles. The van der Waals surface area contributed by atoms with Crippen LogP contribution in [0, 0.1) is 5.92 Å². The number of nitrogens with zero attached hydrogens (tertiary/aromatic N) is 1. The summed E-state index contributed by atoms with van der Waals surface area (Å²) in [6, 6.07) is 6.73. The summed E-state index contributed by atoms with van der Waals surface area (Å²) in [6.45, 7) is 0.729. The molecule has 4 N–H and O–H groups in total. The zero-order chi connectivity index (χ0) is 13.0. The van der Waals surface area contributed by atoms with E-state index in [-0.39, 0.29) is 11.7 Å². The highest BCUT2D eigenvalue weighted by molar-refractivity contribution is 6.01. The van der Waals surface area contributed by atoms with Crippen LogP contribution in [0.3, 0.4) is 0 Å². The van der Waals surface area contributed by atoms with E-state index in [9.17, 15) is 4.79 Å². The number of nitrogens with two attached hydrogens (primary N) is 1. The Labute approximate surface area is 106 Å². The van der Waals surface area contributed by atoms with E-state index in [0.29, 0.717) is 17.0 Å². The van der Waals surface area contributed by atoms with Gasteiger partial charge in [-0.15, -0.1) is 0 Å². The Hall–Kier alpha value is -2.04. The molecular weight excluding hydrogens is 230 g/mol. The van der Waals surface area contributed by atoms with Crippen molar-refractivity contribution < 1.29 is 10.0 Å². The van der Waals surface area contributed by atoms with E-state index in [1.54, 1.807) is 24.3 Å². The van der Waals surface area contributed by atoms with Crippen molar-refractivity contribution in [2.24, 2.45) is 16.8 Å². The molecule has 18 heavy (non-hydrogen) atoms. The van der Waals surface area contributed by atoms with Gasteiger partial charge in [-0.3, -0.25) is 4.79 Å². The maximum Gasteiger partial charge on any atom is 0.251 e. The second-order valence-electron chi connectivity index (χ2n) is 4.57. The largest absolute Gasteiger partial charge is 0.409 e. The number of oxime groups is 1. The lowest BCUT2D eigenvalue weighted by Crippen LogP contribution is -2.32. The smallest absolute Gasteiger partial charge is 0.251 e. The summed E-state index contributed by atoms with van der Waals surface area (Å²) in [5.74, 6) is 0.513. The maximum atomic E-state index is 11.9. The molecule has 1 aromatic carbocycles. The van der Waals surface area contributed by atoms with Crippen LogP contribution in [0.1, 0.15) is 35.2 Å². The van der Waals surface area contributed by atoms with Gasteiger partial charge >= 0.3 is 0 Å². The Kier molecular flexibility index (Phi) is 3.82. The minimum absolute atomic E-state index is 0.00337. The minimum atomic E-state index is -0.116. The van der Waals surface area contributed by atoms with Gasteiger partial charge in [0.1, 0.15) is 0 Å². The van der Waals surface area contributed by atoms with Crippen molar-refractivity contribution in [2.75, 3.05) is 6.54 Å². The second-order valence-corrected chi connectivity index (χ2v) is 4.57. The number of carbonyl (C=O) groups is 1. The van der Waals surface area contributed by atoms with Crippen molar-refractivity contribution in [3.05, 3.63) is 35.4 Å². The van der Waals surface area contributed by atoms with E-state index in [0.717, 1.165) is 6.54 Å². The maximum absolute atomic E-state index is 11.9. The fourth-order valence-electron chi connectivity index (χ4n) is 1.91. The quantitative estimate of drug-likeness (QED) is 0.324. The van der Waals surface area contributed by atoms with E-state index in [1.165, 1.54) is 19.3 Å². The first-order valence-corrected chi connectivity index (χ1v) is 6.07. The number of amides is 1. The van der Waals surface area contributed by atoms with Crippen LogP contribution >= 0.6 is 0 Å². The first-order chi connectivity index (χ1) is 8.70. The summed E-state index contributed by atoms with van der Waals surface area (Å²) in [5.41, 5.74) is 6.55. The van der Waals surface area contributed by atoms with E-state index in [1.807, 2.05) is 0 Å². The van der Waals surface area contributed by atoms with Gasteiger partial charge < -0.3 is 16.3 Å². The molecule has 1 amide bonds. The molecule has 0 unspecified atom stereocenters. The number of amidine groups is 1. The SMILES string of the molecule is N/C(=N\O)c1cccc(C(=O)NCC2CCC2)c1. The summed E-state index contributed by atoms with van der Waals surface area (Å²) >= 11 is 0. The molecule has 1 aromatic rings. The van der Waals surface area contributed by atoms with E-state index >= 15 is 0 Å². The first kappa shape index (κ1) is 12.4. The highest BCUT2D eigenvalue weighted by atomic mass is 16.4. The highest BCUT2D eigenvalue weighted by Crippen LogP contribution is 2.25. The third-order valence-corrected chi connectivity index (χ3v) is 3.30. The highest BCUT2D eigenvalue weighted by Gasteiger charge is 2.18. The van der Waals surface area contributed by atoms with Gasteiger partial charge in [0.15, 0.2) is 5.84 Å². The standard InChI is InChI=1S/C13H17N3O2/c14-12(16-18)10-5-2-6-11(7-10)13(17)15-8-9-3-1-4-9/h2,5-7,9,18H,1,3-4,8H2,(H2,14,16)(H,15,17). The molecule has 5 heteroatoms. The molecule has 0 aromatic heterocycles. The molecule has 96 valence electrons. The normalized spacial score (nSPS) is 16.1. The number of carbonyl (C=O) groups excluding carboxylic acids is 1. The number of hydrogen-bond donors (Lipinski definition) is 3. The summed E-state index contributed by atoms with van der Waals surface area (Å²) in [6.07, 6.45) is 3.66. The number of hydrogen-bond acceptors (Lipinski definition) is 3. The van der Waals surface area contributed by atoms with Crippen molar-refractivity contribution in [1.82, 2.24) is 5.32 Å². The van der Waals surface area contributed by atoms with Crippen molar-refractivity contribution >= 4 is 11.7 Å². The van der Waals surface area contributed by atoms with Gasteiger partial charge in [-0.05, 0) is 30.9 Å². The average molecular weight is 247 g/mol. The number of rotatable bonds is 4. The summed E-state index contributed by atoms with van der Waals surface area (Å²) in [4.78, 5) is 11.9. The molecule has 0 radical (unpaired) electrons. The van der Waals surface area contributed by atoms with Gasteiger partial charge in [0.05, 0.1) is 0 Å². The summed E-state index contributed by atoms with van der Waals surface area (Å²) < 4.78 is 0. The van der Waals surface area contributed by atoms with Crippen LogP contribution in [0.5, 0.6) is 0 Å². The molecule has 0 atom stereocenters. The molecule has 0 saturated heterocycles. The van der Waals surface area contributed by atoms with E-state index in [2.05, 4.69) is 10.5 Å². The van der Waals surface area contributed by atoms with Gasteiger partial charge in [0.2, 0.25) is 0 Å². The second kappa shape index (κ2) is 5.53.